The summed E-state index contributed by atoms with van der Waals surface area (Å²) < 4.78 is 0. The average Bonchev–Trinajstić information content (AvgIpc) is 1.57. The highest BCUT2D eigenvalue weighted by Gasteiger charge is 2.43. The first-order valence-corrected chi connectivity index (χ1v) is 33.1. The molecular formula is C83H80N10+2. The molecule has 8 aromatic carbocycles. The third-order valence-corrected chi connectivity index (χ3v) is 18.4. The van der Waals surface area contributed by atoms with Crippen LogP contribution < -0.4 is 26.0 Å². The Morgan fingerprint density at radius 3 is 1.25 bits per heavy atom. The quantitative estimate of drug-likeness (QED) is 0.0178. The van der Waals surface area contributed by atoms with E-state index in [1.54, 1.807) is 12.4 Å². The monoisotopic (exact) mass is 1220 g/mol. The highest BCUT2D eigenvalue weighted by atomic mass is 15.3. The third kappa shape index (κ3) is 13.2. The van der Waals surface area contributed by atoms with Crippen molar-refractivity contribution in [2.75, 3.05) is 16.3 Å². The average molecular weight is 1220 g/mol. The zero-order valence-electron chi connectivity index (χ0n) is 53.1. The number of anilines is 6. The van der Waals surface area contributed by atoms with Crippen LogP contribution in [-0.2, 0) is 5.41 Å². The molecule has 10 heteroatoms. The lowest BCUT2D eigenvalue weighted by molar-refractivity contribution is -0.608. The first kappa shape index (κ1) is 61.2. The summed E-state index contributed by atoms with van der Waals surface area (Å²) >= 11 is 0. The SMILES string of the molecule is CCCCCCC1(CCCCCC)c2cc(C3=CC=C(c4ccc(N(c5ccccc5)c5ccccc5)cc4)C(=N)C3=N[NH2+]C3=CCNC=C3)ccc2-c2ccc(C3=CC=C(c4ccc(N(c5ccccc5)c5ccccc5)cc4)C(=N)C3=N[NH2+]c3ccncc3)cc21. The third-order valence-electron chi connectivity index (χ3n) is 18.4. The van der Waals surface area contributed by atoms with Crippen LogP contribution in [0.2, 0.25) is 0 Å². The molecule has 0 saturated carbocycles. The number of unbranched alkanes of at least 4 members (excludes halogenated alkanes) is 6. The van der Waals surface area contributed by atoms with Crippen molar-refractivity contribution < 1.29 is 10.9 Å². The number of nitrogens with zero attached hydrogens (tertiary/aromatic N) is 5. The van der Waals surface area contributed by atoms with Gasteiger partial charge in [-0.2, -0.15) is 10.9 Å². The maximum atomic E-state index is 10.2. The van der Waals surface area contributed by atoms with Crippen molar-refractivity contribution in [2.45, 2.75) is 83.5 Å². The minimum Gasteiger partial charge on any atom is -0.387 e. The van der Waals surface area contributed by atoms with Crippen LogP contribution in [0.5, 0.6) is 0 Å². The summed E-state index contributed by atoms with van der Waals surface area (Å²) in [4.78, 5) is 8.82. The number of fused-ring (bicyclic) bond motifs is 3. The molecular weight excluding hydrogens is 1140 g/mol. The number of rotatable bonds is 24. The van der Waals surface area contributed by atoms with Gasteiger partial charge in [0.1, 0.15) is 0 Å². The fourth-order valence-electron chi connectivity index (χ4n) is 13.7. The molecule has 0 amide bonds. The summed E-state index contributed by atoms with van der Waals surface area (Å²) in [7, 11) is 0. The Hall–Kier alpha value is -10.7. The molecule has 93 heavy (non-hydrogen) atoms. The lowest BCUT2D eigenvalue weighted by atomic mass is 9.69. The standard InChI is InChI=1S/C83H78N10/c1-3-5-7-21-51-83(52-22-8-6-4-2)77-57-61(73-45-43-71(79(84)81(73)90-88-63-47-53-86-54-48-63)59-31-37-69(38-32-59)92(65-23-13-9-14-24-65)66-25-15-10-16-26-66)35-41-75(77)76-42-36-62(58-78(76)83)74-46-44-72(80(85)82(74)91-89-64-49-55-87-56-50-64)60-33-39-70(40-34-60)93(67-27-17-11-18-28-67)68-29-19-12-20-30-68/h9-20,23-50,53-55,57-58,84-85,87,89H,3-8,21-22,51-52,56H2,1-2H3,(H,86,88)/p+2. The number of aromatic nitrogens is 1. The van der Waals surface area contributed by atoms with Crippen molar-refractivity contribution in [2.24, 2.45) is 10.2 Å². The minimum atomic E-state index is -0.301. The van der Waals surface area contributed by atoms with E-state index in [0.717, 1.165) is 141 Å². The molecule has 4 aliphatic rings. The molecule has 1 aliphatic heterocycles. The van der Waals surface area contributed by atoms with E-state index in [0.29, 0.717) is 29.4 Å². The van der Waals surface area contributed by atoms with Gasteiger partial charge in [-0.3, -0.25) is 15.8 Å². The normalized spacial score (nSPS) is 15.6. The Labute approximate surface area is 547 Å². The van der Waals surface area contributed by atoms with E-state index in [1.807, 2.05) is 59.5 Å². The van der Waals surface area contributed by atoms with E-state index in [9.17, 15) is 10.8 Å². The summed E-state index contributed by atoms with van der Waals surface area (Å²) in [5.41, 5.74) is 26.4. The topological polar surface area (TPSA) is 137 Å². The first-order valence-electron chi connectivity index (χ1n) is 33.1. The number of benzene rings is 8. The zero-order chi connectivity index (χ0) is 63.4. The second-order valence-corrected chi connectivity index (χ2v) is 24.3. The van der Waals surface area contributed by atoms with Crippen LogP contribution in [0.3, 0.4) is 0 Å². The zero-order valence-corrected chi connectivity index (χ0v) is 53.1. The summed E-state index contributed by atoms with van der Waals surface area (Å²) in [6.07, 6.45) is 29.5. The second kappa shape index (κ2) is 28.7. The van der Waals surface area contributed by atoms with E-state index < -0.39 is 0 Å². The molecule has 7 N–H and O–H groups in total. The van der Waals surface area contributed by atoms with Crippen molar-refractivity contribution in [3.05, 3.63) is 313 Å². The van der Waals surface area contributed by atoms with Gasteiger partial charge in [0, 0.05) is 105 Å². The molecule has 0 bridgehead atoms. The molecule has 0 fully saturated rings. The maximum absolute atomic E-state index is 10.2. The number of quaternary nitrogens is 2. The number of pyridine rings is 1. The lowest BCUT2D eigenvalue weighted by Gasteiger charge is -2.34. The Morgan fingerprint density at radius 1 is 0.441 bits per heavy atom. The predicted molar refractivity (Wildman–Crippen MR) is 388 cm³/mol. The van der Waals surface area contributed by atoms with Gasteiger partial charge in [0.05, 0.1) is 11.4 Å². The number of para-hydroxylation sites is 4. The van der Waals surface area contributed by atoms with Crippen molar-refractivity contribution >= 4 is 85.0 Å². The largest absolute Gasteiger partial charge is 0.387 e. The van der Waals surface area contributed by atoms with E-state index in [1.165, 1.54) is 35.1 Å². The summed E-state index contributed by atoms with van der Waals surface area (Å²) in [6.45, 7) is 5.31. The number of allylic oxidation sites excluding steroid dienone is 9. The number of nitrogens with two attached hydrogens (primary N) is 2. The number of dihydropyridines is 1. The fraction of sp³-hybridized carbons (Fsp3) is 0.169. The van der Waals surface area contributed by atoms with Gasteiger partial charge in [-0.15, -0.1) is 0 Å². The van der Waals surface area contributed by atoms with E-state index in [-0.39, 0.29) is 5.41 Å². The Morgan fingerprint density at radius 2 is 0.839 bits per heavy atom. The van der Waals surface area contributed by atoms with Gasteiger partial charge in [-0.05, 0) is 148 Å². The second-order valence-electron chi connectivity index (χ2n) is 24.3. The Bertz CT molecular complexity index is 4320. The van der Waals surface area contributed by atoms with Crippen LogP contribution in [0.25, 0.3) is 33.4 Å². The van der Waals surface area contributed by atoms with Crippen molar-refractivity contribution in [1.29, 1.82) is 10.8 Å². The van der Waals surface area contributed by atoms with Crippen LogP contribution in [0.4, 0.5) is 39.8 Å². The smallest absolute Gasteiger partial charge is 0.158 e. The van der Waals surface area contributed by atoms with E-state index in [2.05, 4.69) is 246 Å². The summed E-state index contributed by atoms with van der Waals surface area (Å²) in [5.74, 6) is 0. The van der Waals surface area contributed by atoms with Crippen LogP contribution in [-0.4, -0.2) is 34.4 Å². The van der Waals surface area contributed by atoms with Crippen molar-refractivity contribution in [3.8, 4) is 11.1 Å². The van der Waals surface area contributed by atoms with Crippen LogP contribution in [0, 0.1) is 10.8 Å². The molecule has 10 nitrogen and oxygen atoms in total. The van der Waals surface area contributed by atoms with Crippen molar-refractivity contribution in [1.82, 2.24) is 10.3 Å². The Kier molecular flexibility index (Phi) is 18.9. The molecule has 0 spiro atoms. The summed E-state index contributed by atoms with van der Waals surface area (Å²) in [5, 5.41) is 34.1. The molecule has 13 rings (SSSR count). The number of hydrogen-bond donors (Lipinski definition) is 5. The van der Waals surface area contributed by atoms with Gasteiger partial charge in [0.25, 0.3) is 0 Å². The number of nitrogens with one attached hydrogen (secondary N) is 3. The van der Waals surface area contributed by atoms with Gasteiger partial charge in [0.15, 0.2) is 22.8 Å². The number of hydrogen-bond acceptors (Lipinski definition) is 8. The molecule has 2 heterocycles. The molecule has 0 saturated heterocycles. The molecule has 1 aromatic heterocycles. The van der Waals surface area contributed by atoms with E-state index >= 15 is 0 Å². The molecule has 9 aromatic rings. The van der Waals surface area contributed by atoms with Crippen LogP contribution >= 0.6 is 0 Å². The molecule has 460 valence electrons. The van der Waals surface area contributed by atoms with Gasteiger partial charge in [-0.25, -0.2) is 0 Å². The first-order chi connectivity index (χ1) is 45.9. The summed E-state index contributed by atoms with van der Waals surface area (Å²) in [6, 6.07) is 77.0. The van der Waals surface area contributed by atoms with Crippen LogP contribution in [0.1, 0.15) is 111 Å². The van der Waals surface area contributed by atoms with Crippen molar-refractivity contribution in [3.63, 3.8) is 0 Å². The van der Waals surface area contributed by atoms with Crippen LogP contribution in [0.15, 0.2) is 289 Å². The highest BCUT2D eigenvalue weighted by Crippen LogP contribution is 2.56. The fourth-order valence-corrected chi connectivity index (χ4v) is 13.7. The van der Waals surface area contributed by atoms with E-state index in [4.69, 9.17) is 10.2 Å². The molecule has 0 radical (unpaired) electrons. The van der Waals surface area contributed by atoms with Gasteiger partial charge >= 0.3 is 0 Å². The molecule has 3 aliphatic carbocycles. The predicted octanol–water partition coefficient (Wildman–Crippen LogP) is 18.4. The minimum absolute atomic E-state index is 0.301. The highest BCUT2D eigenvalue weighted by molar-refractivity contribution is 6.69. The Balaban J connectivity index is 0.898. The molecule has 0 atom stereocenters. The van der Waals surface area contributed by atoms with Gasteiger partial charge < -0.3 is 15.1 Å². The van der Waals surface area contributed by atoms with Gasteiger partial charge in [0.2, 0.25) is 0 Å². The lowest BCUT2D eigenvalue weighted by Crippen LogP contribution is -2.76. The maximum Gasteiger partial charge on any atom is 0.158 e. The van der Waals surface area contributed by atoms with Gasteiger partial charge in [-0.1, -0.05) is 221 Å². The molecule has 0 unspecified atom stereocenters.